The minimum Gasteiger partial charge on any atom is -0.473 e. The molecule has 0 aliphatic carbocycles. The van der Waals surface area contributed by atoms with Gasteiger partial charge in [-0.3, -0.25) is 0 Å². The van der Waals surface area contributed by atoms with E-state index in [1.807, 2.05) is 0 Å². The van der Waals surface area contributed by atoms with Gasteiger partial charge in [0.2, 0.25) is 5.88 Å². The molecule has 11 heteroatoms. The number of nitrogens with zero attached hydrogens (tertiary/aromatic N) is 2. The number of pyridine rings is 2. The molecule has 180 valence electrons. The molecule has 6 nitrogen and oxygen atoms in total. The molecule has 0 spiro atoms. The summed E-state index contributed by atoms with van der Waals surface area (Å²) >= 11 is 12.1. The zero-order chi connectivity index (χ0) is 25.1. The molecule has 0 radical (unpaired) electrons. The van der Waals surface area contributed by atoms with E-state index in [1.54, 1.807) is 0 Å². The van der Waals surface area contributed by atoms with E-state index in [2.05, 4.69) is 14.7 Å². The third-order valence-corrected chi connectivity index (χ3v) is 5.84. The zero-order valence-electron chi connectivity index (χ0n) is 17.9. The molecule has 0 fully saturated rings. The van der Waals surface area contributed by atoms with Crippen molar-refractivity contribution in [2.75, 3.05) is 7.11 Å². The minimum absolute atomic E-state index is 0.0163. The zero-order valence-corrected chi connectivity index (χ0v) is 19.4. The van der Waals surface area contributed by atoms with Gasteiger partial charge in [0.1, 0.15) is 11.8 Å². The second-order valence-electron chi connectivity index (χ2n) is 7.37. The predicted molar refractivity (Wildman–Crippen MR) is 119 cm³/mol. The number of methoxy groups -OCH3 is 1. The second kappa shape index (κ2) is 10.2. The number of ether oxygens (including phenoxy) is 2. The molecule has 0 bridgehead atoms. The molecule has 1 N–H and O–H groups in total. The fraction of sp³-hybridized carbons (Fsp3) is 0.261. The van der Waals surface area contributed by atoms with E-state index < -0.39 is 29.2 Å². The molecular formula is C23H19Cl2F3N2O4. The lowest BCUT2D eigenvalue weighted by molar-refractivity contribution is -0.274. The van der Waals surface area contributed by atoms with Crippen LogP contribution in [0.5, 0.6) is 5.88 Å². The van der Waals surface area contributed by atoms with Gasteiger partial charge in [0, 0.05) is 29.4 Å². The van der Waals surface area contributed by atoms with Gasteiger partial charge in [-0.05, 0) is 41.0 Å². The van der Waals surface area contributed by atoms with Crippen molar-refractivity contribution in [3.63, 3.8) is 0 Å². The quantitative estimate of drug-likeness (QED) is 0.321. The van der Waals surface area contributed by atoms with Crippen molar-refractivity contribution in [2.45, 2.75) is 31.2 Å². The molecule has 3 aromatic rings. The number of carbonyl (C=O) groups is 1. The number of aromatic nitrogens is 2. The van der Waals surface area contributed by atoms with Crippen molar-refractivity contribution < 1.29 is 32.5 Å². The number of aliphatic hydroxyl groups is 1. The van der Waals surface area contributed by atoms with Gasteiger partial charge in [-0.1, -0.05) is 42.3 Å². The normalized spacial score (nSPS) is 14.2. The maximum absolute atomic E-state index is 14.1. The Morgan fingerprint density at radius 3 is 2.41 bits per heavy atom. The van der Waals surface area contributed by atoms with Gasteiger partial charge in [-0.2, -0.15) is 13.2 Å². The fourth-order valence-corrected chi connectivity index (χ4v) is 3.94. The first kappa shape index (κ1) is 25.7. The van der Waals surface area contributed by atoms with Gasteiger partial charge >= 0.3 is 12.1 Å². The number of alkyl halides is 3. The van der Waals surface area contributed by atoms with Crippen LogP contribution < -0.4 is 4.74 Å². The van der Waals surface area contributed by atoms with Crippen molar-refractivity contribution in [3.05, 3.63) is 87.3 Å². The Bertz CT molecular complexity index is 1180. The molecule has 0 saturated carbocycles. The molecule has 2 heterocycles. The van der Waals surface area contributed by atoms with Crippen molar-refractivity contribution >= 4 is 29.2 Å². The van der Waals surface area contributed by atoms with Gasteiger partial charge in [-0.25, -0.2) is 14.8 Å². The van der Waals surface area contributed by atoms with Crippen LogP contribution >= 0.6 is 23.2 Å². The summed E-state index contributed by atoms with van der Waals surface area (Å²) < 4.78 is 52.3. The first-order chi connectivity index (χ1) is 16.0. The lowest BCUT2D eigenvalue weighted by Gasteiger charge is -2.37. The number of halogens is 5. The van der Waals surface area contributed by atoms with Crippen molar-refractivity contribution in [1.82, 2.24) is 9.97 Å². The van der Waals surface area contributed by atoms with Crippen LogP contribution in [0, 0.1) is 0 Å². The van der Waals surface area contributed by atoms with E-state index in [0.717, 1.165) is 18.3 Å². The Kier molecular flexibility index (Phi) is 7.70. The summed E-state index contributed by atoms with van der Waals surface area (Å²) in [4.78, 5) is 19.1. The smallest absolute Gasteiger partial charge is 0.422 e. The van der Waals surface area contributed by atoms with Crippen LogP contribution in [0.25, 0.3) is 0 Å². The van der Waals surface area contributed by atoms with E-state index >= 15 is 0 Å². The average molecular weight is 515 g/mol. The Labute approximate surface area is 203 Å². The molecule has 1 aromatic carbocycles. The molecule has 0 aliphatic rings. The molecule has 0 saturated heterocycles. The highest BCUT2D eigenvalue weighted by molar-refractivity contribution is 6.31. The highest BCUT2D eigenvalue weighted by Crippen LogP contribution is 2.50. The number of carbonyl (C=O) groups excluding carboxylic acids is 1. The summed E-state index contributed by atoms with van der Waals surface area (Å²) in [5, 5.41) is 10.7. The number of benzene rings is 1. The first-order valence-electron chi connectivity index (χ1n) is 9.84. The Balaban J connectivity index is 1.82. The van der Waals surface area contributed by atoms with Gasteiger partial charge in [0.25, 0.3) is 0 Å². The highest BCUT2D eigenvalue weighted by atomic mass is 35.5. The summed E-state index contributed by atoms with van der Waals surface area (Å²) in [5.74, 6) is -1.79. The Morgan fingerprint density at radius 1 is 1.12 bits per heavy atom. The minimum atomic E-state index is -5.02. The van der Waals surface area contributed by atoms with E-state index in [-0.39, 0.29) is 33.8 Å². The Morgan fingerprint density at radius 2 is 1.85 bits per heavy atom. The maximum Gasteiger partial charge on any atom is 0.422 e. The largest absolute Gasteiger partial charge is 0.473 e. The first-order valence-corrected chi connectivity index (χ1v) is 10.6. The van der Waals surface area contributed by atoms with Crippen LogP contribution in [0.15, 0.2) is 54.9 Å². The molecule has 34 heavy (non-hydrogen) atoms. The molecule has 0 aliphatic heterocycles. The van der Waals surface area contributed by atoms with Crippen molar-refractivity contribution in [2.24, 2.45) is 0 Å². The van der Waals surface area contributed by atoms with E-state index in [4.69, 9.17) is 27.9 Å². The van der Waals surface area contributed by atoms with Gasteiger partial charge in [0.05, 0.1) is 12.7 Å². The topological polar surface area (TPSA) is 81.5 Å². The molecule has 0 amide bonds. The lowest BCUT2D eigenvalue weighted by Crippen LogP contribution is -2.46. The monoisotopic (exact) mass is 514 g/mol. The third-order valence-electron chi connectivity index (χ3n) is 5.30. The number of hydrogen-bond donors (Lipinski definition) is 1. The van der Waals surface area contributed by atoms with Crippen molar-refractivity contribution in [1.29, 1.82) is 0 Å². The highest BCUT2D eigenvalue weighted by Gasteiger charge is 2.59. The van der Waals surface area contributed by atoms with Crippen molar-refractivity contribution in [3.8, 4) is 5.88 Å². The number of rotatable bonds is 7. The van der Waals surface area contributed by atoms with Crippen LogP contribution in [0.4, 0.5) is 13.2 Å². The van der Waals surface area contributed by atoms with Crippen LogP contribution in [0.2, 0.25) is 10.2 Å². The van der Waals surface area contributed by atoms with Crippen LogP contribution in [-0.4, -0.2) is 34.3 Å². The third kappa shape index (κ3) is 5.27. The summed E-state index contributed by atoms with van der Waals surface area (Å²) in [6, 6.07) is 9.38. The molecule has 3 rings (SSSR count). The fourth-order valence-electron chi connectivity index (χ4n) is 3.40. The Hall–Kier alpha value is -2.88. The summed E-state index contributed by atoms with van der Waals surface area (Å²) in [6.45, 7) is 1.24. The van der Waals surface area contributed by atoms with Crippen LogP contribution in [-0.2, 0) is 16.9 Å². The molecule has 2 aromatic heterocycles. The SMILES string of the molecule is COC(=O)c1ccc(OCc2ccc(C(C)C(O)(c3ccnc(Cl)c3)C(F)(F)F)c(Cl)c2)nc1. The van der Waals surface area contributed by atoms with E-state index in [9.17, 15) is 23.1 Å². The van der Waals surface area contributed by atoms with Crippen LogP contribution in [0.1, 0.15) is 39.9 Å². The maximum atomic E-state index is 14.1. The van der Waals surface area contributed by atoms with Gasteiger partial charge in [0.15, 0.2) is 5.60 Å². The second-order valence-corrected chi connectivity index (χ2v) is 8.17. The summed E-state index contributed by atoms with van der Waals surface area (Å²) in [6.07, 6.45) is -2.64. The summed E-state index contributed by atoms with van der Waals surface area (Å²) in [7, 11) is 1.25. The predicted octanol–water partition coefficient (Wildman–Crippen LogP) is 5.70. The van der Waals surface area contributed by atoms with Crippen LogP contribution in [0.3, 0.4) is 0 Å². The van der Waals surface area contributed by atoms with Gasteiger partial charge in [-0.15, -0.1) is 0 Å². The lowest BCUT2D eigenvalue weighted by atomic mass is 9.78. The summed E-state index contributed by atoms with van der Waals surface area (Å²) in [5.41, 5.74) is -2.81. The van der Waals surface area contributed by atoms with E-state index in [0.29, 0.717) is 5.56 Å². The van der Waals surface area contributed by atoms with Gasteiger partial charge < -0.3 is 14.6 Å². The molecule has 2 unspecified atom stereocenters. The number of esters is 1. The average Bonchev–Trinajstić information content (AvgIpc) is 2.81. The number of hydrogen-bond acceptors (Lipinski definition) is 6. The molecular weight excluding hydrogens is 496 g/mol. The standard InChI is InChI=1S/C23H19Cl2F3N2O4/c1-13(22(32,23(26,27)28)16-7-8-29-19(25)10-16)17-5-3-14(9-18(17)24)12-34-20-6-4-15(11-30-20)21(31)33-2/h3-11,13,32H,12H2,1-2H3. The molecule has 2 atom stereocenters. The van der Waals surface area contributed by atoms with E-state index in [1.165, 1.54) is 50.6 Å².